The SMILES string of the molecule is OCCC[C@@H]1O[C@H](CCCO)[C@]2(Sc3ccccc3)C[C@@H]12. The maximum atomic E-state index is 9.11. The van der Waals surface area contributed by atoms with Gasteiger partial charge in [0, 0.05) is 24.0 Å². The minimum atomic E-state index is 0.205. The molecule has 0 unspecified atom stereocenters. The monoisotopic (exact) mass is 308 g/mol. The smallest absolute Gasteiger partial charge is 0.0733 e. The van der Waals surface area contributed by atoms with Crippen molar-refractivity contribution in [3.63, 3.8) is 0 Å². The lowest BCUT2D eigenvalue weighted by Crippen LogP contribution is -2.25. The molecule has 2 N–H and O–H groups in total. The average Bonchev–Trinajstić information content (AvgIpc) is 3.16. The van der Waals surface area contributed by atoms with Gasteiger partial charge in [-0.05, 0) is 44.2 Å². The molecule has 21 heavy (non-hydrogen) atoms. The van der Waals surface area contributed by atoms with Gasteiger partial charge in [0.1, 0.15) is 0 Å². The molecule has 2 aliphatic rings. The topological polar surface area (TPSA) is 49.7 Å². The second-order valence-corrected chi connectivity index (χ2v) is 7.51. The Kier molecular flexibility index (Phi) is 4.89. The Balaban J connectivity index is 1.69. The van der Waals surface area contributed by atoms with Crippen LogP contribution in [0, 0.1) is 5.92 Å². The number of aliphatic hydroxyl groups is 2. The van der Waals surface area contributed by atoms with Crippen molar-refractivity contribution < 1.29 is 14.9 Å². The van der Waals surface area contributed by atoms with E-state index in [0.717, 1.165) is 25.7 Å². The third-order valence-electron chi connectivity index (χ3n) is 4.66. The van der Waals surface area contributed by atoms with Crippen molar-refractivity contribution in [1.29, 1.82) is 0 Å². The van der Waals surface area contributed by atoms with Crippen molar-refractivity contribution in [3.05, 3.63) is 30.3 Å². The largest absolute Gasteiger partial charge is 0.396 e. The number of aliphatic hydroxyl groups excluding tert-OH is 2. The van der Waals surface area contributed by atoms with Crippen LogP contribution in [0.4, 0.5) is 0 Å². The Labute approximate surface area is 130 Å². The first-order chi connectivity index (χ1) is 10.3. The number of hydrogen-bond donors (Lipinski definition) is 2. The average molecular weight is 308 g/mol. The van der Waals surface area contributed by atoms with Gasteiger partial charge in [-0.15, -0.1) is 11.8 Å². The highest BCUT2D eigenvalue weighted by molar-refractivity contribution is 8.01. The molecule has 0 radical (unpaired) electrons. The molecule has 1 saturated heterocycles. The molecule has 1 saturated carbocycles. The van der Waals surface area contributed by atoms with Crippen LogP contribution in [0.25, 0.3) is 0 Å². The summed E-state index contributed by atoms with van der Waals surface area (Å²) in [6.45, 7) is 0.477. The van der Waals surface area contributed by atoms with Gasteiger partial charge in [-0.1, -0.05) is 18.2 Å². The van der Waals surface area contributed by atoms with E-state index in [4.69, 9.17) is 14.9 Å². The van der Waals surface area contributed by atoms with E-state index in [1.54, 1.807) is 0 Å². The molecule has 1 aliphatic heterocycles. The lowest BCUT2D eigenvalue weighted by molar-refractivity contribution is 0.00360. The minimum Gasteiger partial charge on any atom is -0.396 e. The van der Waals surface area contributed by atoms with Crippen LogP contribution in [-0.4, -0.2) is 40.4 Å². The van der Waals surface area contributed by atoms with E-state index < -0.39 is 0 Å². The van der Waals surface area contributed by atoms with Crippen molar-refractivity contribution in [2.45, 2.75) is 54.0 Å². The highest BCUT2D eigenvalue weighted by Gasteiger charge is 2.68. The van der Waals surface area contributed by atoms with Crippen LogP contribution in [0.15, 0.2) is 35.2 Å². The predicted octanol–water partition coefficient (Wildman–Crippen LogP) is 2.85. The van der Waals surface area contributed by atoms with Gasteiger partial charge >= 0.3 is 0 Å². The highest BCUT2D eigenvalue weighted by Crippen LogP contribution is 2.67. The zero-order valence-corrected chi connectivity index (χ0v) is 13.1. The molecule has 4 atom stereocenters. The normalized spacial score (nSPS) is 33.9. The number of rotatable bonds is 8. The van der Waals surface area contributed by atoms with E-state index >= 15 is 0 Å². The highest BCUT2D eigenvalue weighted by atomic mass is 32.2. The standard InChI is InChI=1S/C17H24O3S/c18-10-4-8-15-14-12-17(14,16(20-15)9-5-11-19)21-13-6-2-1-3-7-13/h1-3,6-7,14-16,18-19H,4-5,8-12H2/t14-,15-,16+,17-/m0/s1. The maximum absolute atomic E-state index is 9.11. The van der Waals surface area contributed by atoms with Gasteiger partial charge in [-0.25, -0.2) is 0 Å². The van der Waals surface area contributed by atoms with Crippen LogP contribution < -0.4 is 0 Å². The fraction of sp³-hybridized carbons (Fsp3) is 0.647. The molecule has 1 aliphatic carbocycles. The lowest BCUT2D eigenvalue weighted by atomic mass is 10.1. The molecule has 4 heteroatoms. The molecule has 1 aromatic rings. The minimum absolute atomic E-state index is 0.205. The van der Waals surface area contributed by atoms with Gasteiger partial charge in [0.2, 0.25) is 0 Å². The van der Waals surface area contributed by atoms with E-state index in [2.05, 4.69) is 24.3 Å². The molecule has 2 fully saturated rings. The Bertz CT molecular complexity index is 453. The van der Waals surface area contributed by atoms with Gasteiger partial charge in [0.15, 0.2) is 0 Å². The first-order valence-corrected chi connectivity index (χ1v) is 8.73. The zero-order valence-electron chi connectivity index (χ0n) is 12.3. The summed E-state index contributed by atoms with van der Waals surface area (Å²) in [4.78, 5) is 1.31. The number of benzene rings is 1. The van der Waals surface area contributed by atoms with E-state index in [0.29, 0.717) is 5.92 Å². The Morgan fingerprint density at radius 3 is 2.52 bits per heavy atom. The van der Waals surface area contributed by atoms with Gasteiger partial charge in [-0.2, -0.15) is 0 Å². The van der Waals surface area contributed by atoms with Crippen LogP contribution in [0.5, 0.6) is 0 Å². The number of fused-ring (bicyclic) bond motifs is 1. The van der Waals surface area contributed by atoms with Gasteiger partial charge < -0.3 is 14.9 Å². The van der Waals surface area contributed by atoms with Crippen molar-refractivity contribution in [3.8, 4) is 0 Å². The summed E-state index contributed by atoms with van der Waals surface area (Å²) in [6.07, 6.45) is 5.25. The summed E-state index contributed by atoms with van der Waals surface area (Å²) in [5.41, 5.74) is 0. The maximum Gasteiger partial charge on any atom is 0.0733 e. The lowest BCUT2D eigenvalue weighted by Gasteiger charge is -2.23. The van der Waals surface area contributed by atoms with Crippen molar-refractivity contribution in [2.24, 2.45) is 5.92 Å². The molecular formula is C17H24O3S. The summed E-state index contributed by atoms with van der Waals surface area (Å²) >= 11 is 1.95. The molecule has 3 rings (SSSR count). The van der Waals surface area contributed by atoms with Crippen molar-refractivity contribution in [2.75, 3.05) is 13.2 Å². The Hall–Kier alpha value is -0.550. The summed E-state index contributed by atoms with van der Waals surface area (Å²) in [6, 6.07) is 10.5. The second-order valence-electron chi connectivity index (χ2n) is 6.08. The molecule has 0 amide bonds. The molecule has 1 aromatic carbocycles. The van der Waals surface area contributed by atoms with Crippen molar-refractivity contribution >= 4 is 11.8 Å². The first kappa shape index (κ1) is 15.3. The zero-order chi connectivity index (χ0) is 14.7. The number of ether oxygens (including phenoxy) is 1. The van der Waals surface area contributed by atoms with Crippen LogP contribution >= 0.6 is 11.8 Å². The van der Waals surface area contributed by atoms with E-state index in [-0.39, 0.29) is 30.2 Å². The molecule has 0 aromatic heterocycles. The van der Waals surface area contributed by atoms with Gasteiger partial charge in [0.05, 0.1) is 17.0 Å². The number of thioether (sulfide) groups is 1. The molecule has 1 heterocycles. The quantitative estimate of drug-likeness (QED) is 0.775. The van der Waals surface area contributed by atoms with E-state index in [1.807, 2.05) is 17.8 Å². The number of hydrogen-bond acceptors (Lipinski definition) is 4. The Morgan fingerprint density at radius 1 is 1.10 bits per heavy atom. The summed E-state index contributed by atoms with van der Waals surface area (Å²) < 4.78 is 6.47. The van der Waals surface area contributed by atoms with Crippen LogP contribution in [0.3, 0.4) is 0 Å². The summed E-state index contributed by atoms with van der Waals surface area (Å²) in [5, 5.41) is 18.2. The fourth-order valence-electron chi connectivity index (χ4n) is 3.56. The van der Waals surface area contributed by atoms with Crippen LogP contribution in [-0.2, 0) is 4.74 Å². The van der Waals surface area contributed by atoms with E-state index in [9.17, 15) is 0 Å². The van der Waals surface area contributed by atoms with Gasteiger partial charge in [-0.3, -0.25) is 0 Å². The molecular weight excluding hydrogens is 284 g/mol. The summed E-state index contributed by atoms with van der Waals surface area (Å²) in [7, 11) is 0. The molecule has 116 valence electrons. The Morgan fingerprint density at radius 2 is 1.81 bits per heavy atom. The van der Waals surface area contributed by atoms with Crippen molar-refractivity contribution in [1.82, 2.24) is 0 Å². The fourth-order valence-corrected chi connectivity index (χ4v) is 5.17. The third-order valence-corrected chi connectivity index (χ3v) is 6.28. The molecule has 3 nitrogen and oxygen atoms in total. The predicted molar refractivity (Wildman–Crippen MR) is 84.4 cm³/mol. The van der Waals surface area contributed by atoms with Gasteiger partial charge in [0.25, 0.3) is 0 Å². The first-order valence-electron chi connectivity index (χ1n) is 7.91. The van der Waals surface area contributed by atoms with Crippen LogP contribution in [0.1, 0.15) is 32.1 Å². The summed E-state index contributed by atoms with van der Waals surface area (Å²) in [5.74, 6) is 0.609. The second kappa shape index (κ2) is 6.69. The van der Waals surface area contributed by atoms with E-state index in [1.165, 1.54) is 11.3 Å². The molecule has 0 bridgehead atoms. The molecule has 0 spiro atoms. The third kappa shape index (κ3) is 3.14. The van der Waals surface area contributed by atoms with Crippen LogP contribution in [0.2, 0.25) is 0 Å².